The third kappa shape index (κ3) is 6.74. The number of hydrogen-bond acceptors (Lipinski definition) is 1. The Hall–Kier alpha value is -8.20. The van der Waals surface area contributed by atoms with Gasteiger partial charge in [0.15, 0.2) is 0 Å². The number of nitrogens with zero attached hydrogens (tertiary/aromatic N) is 2. The van der Waals surface area contributed by atoms with Crippen LogP contribution in [0, 0.1) is 0 Å². The van der Waals surface area contributed by atoms with Crippen molar-refractivity contribution in [3.05, 3.63) is 255 Å². The van der Waals surface area contributed by atoms with Crippen molar-refractivity contribution in [1.82, 2.24) is 4.57 Å². The van der Waals surface area contributed by atoms with Crippen LogP contribution in [0.4, 0.5) is 17.1 Å². The molecule has 0 unspecified atom stereocenters. The maximum atomic E-state index is 2.47. The van der Waals surface area contributed by atoms with E-state index in [1.165, 1.54) is 71.9 Å². The molecular weight excluding hydrogens is 749 g/mol. The van der Waals surface area contributed by atoms with Crippen LogP contribution in [0.25, 0.3) is 83.1 Å². The SMILES string of the molecule is c1ccc(-c2ccc(N(c3ccc(-c4ccccc4)cc3)c3ccc(-c4ccccc4-n4c5cccc(-c6ccccc6)c5c5c(-c6ccccc6)cccc54)cc3)cc2)cc1. The molecule has 292 valence electrons. The summed E-state index contributed by atoms with van der Waals surface area (Å²) in [6.45, 7) is 0. The molecule has 2 heteroatoms. The third-order valence-electron chi connectivity index (χ3n) is 12.0. The second-order valence-corrected chi connectivity index (χ2v) is 15.7. The molecule has 0 aliphatic rings. The smallest absolute Gasteiger partial charge is 0.0547 e. The second kappa shape index (κ2) is 16.1. The first kappa shape index (κ1) is 36.8. The van der Waals surface area contributed by atoms with E-state index in [9.17, 15) is 0 Å². The summed E-state index contributed by atoms with van der Waals surface area (Å²) in [5.41, 5.74) is 18.8. The minimum atomic E-state index is 1.09. The van der Waals surface area contributed by atoms with Gasteiger partial charge in [-0.15, -0.1) is 0 Å². The van der Waals surface area contributed by atoms with Crippen LogP contribution in [-0.2, 0) is 0 Å². The van der Waals surface area contributed by atoms with Gasteiger partial charge in [-0.25, -0.2) is 0 Å². The molecule has 0 spiro atoms. The summed E-state index contributed by atoms with van der Waals surface area (Å²) in [5.74, 6) is 0. The highest BCUT2D eigenvalue weighted by molar-refractivity contribution is 6.21. The number of anilines is 3. The molecule has 0 saturated carbocycles. The molecule has 62 heavy (non-hydrogen) atoms. The van der Waals surface area contributed by atoms with Crippen LogP contribution in [0.15, 0.2) is 255 Å². The molecule has 0 radical (unpaired) electrons. The lowest BCUT2D eigenvalue weighted by Gasteiger charge is -2.26. The van der Waals surface area contributed by atoms with E-state index in [1.54, 1.807) is 0 Å². The second-order valence-electron chi connectivity index (χ2n) is 15.7. The molecule has 11 rings (SSSR count). The fourth-order valence-electron chi connectivity index (χ4n) is 9.10. The molecule has 11 aromatic rings. The molecular formula is C60H42N2. The van der Waals surface area contributed by atoms with Crippen LogP contribution in [-0.4, -0.2) is 4.57 Å². The topological polar surface area (TPSA) is 8.17 Å². The lowest BCUT2D eigenvalue weighted by atomic mass is 9.95. The first-order chi connectivity index (χ1) is 30.8. The highest BCUT2D eigenvalue weighted by atomic mass is 15.1. The summed E-state index contributed by atoms with van der Waals surface area (Å²) in [5, 5.41) is 2.51. The molecule has 10 aromatic carbocycles. The Morgan fingerprint density at radius 2 is 0.532 bits per heavy atom. The van der Waals surface area contributed by atoms with Gasteiger partial charge >= 0.3 is 0 Å². The van der Waals surface area contributed by atoms with Crippen LogP contribution in [0.5, 0.6) is 0 Å². The maximum absolute atomic E-state index is 2.47. The molecule has 1 heterocycles. The van der Waals surface area contributed by atoms with Gasteiger partial charge in [0.05, 0.1) is 16.7 Å². The minimum Gasteiger partial charge on any atom is -0.311 e. The van der Waals surface area contributed by atoms with Crippen LogP contribution >= 0.6 is 0 Å². The summed E-state index contributed by atoms with van der Waals surface area (Å²) in [4.78, 5) is 2.35. The summed E-state index contributed by atoms with van der Waals surface area (Å²) in [6, 6.07) is 91.9. The van der Waals surface area contributed by atoms with Crippen molar-refractivity contribution < 1.29 is 0 Å². The van der Waals surface area contributed by atoms with Crippen molar-refractivity contribution in [2.75, 3.05) is 4.90 Å². The van der Waals surface area contributed by atoms with Crippen LogP contribution in [0.1, 0.15) is 0 Å². The number of para-hydroxylation sites is 1. The number of rotatable bonds is 9. The van der Waals surface area contributed by atoms with E-state index in [4.69, 9.17) is 0 Å². The Balaban J connectivity index is 1.04. The Bertz CT molecular complexity index is 3100. The zero-order chi connectivity index (χ0) is 41.2. The first-order valence-corrected chi connectivity index (χ1v) is 21.3. The third-order valence-corrected chi connectivity index (χ3v) is 12.0. The summed E-state index contributed by atoms with van der Waals surface area (Å²) in [6.07, 6.45) is 0. The van der Waals surface area contributed by atoms with E-state index < -0.39 is 0 Å². The van der Waals surface area contributed by atoms with E-state index in [-0.39, 0.29) is 0 Å². The van der Waals surface area contributed by atoms with Gasteiger partial charge in [-0.1, -0.05) is 200 Å². The van der Waals surface area contributed by atoms with E-state index in [0.29, 0.717) is 0 Å². The Morgan fingerprint density at radius 1 is 0.226 bits per heavy atom. The molecule has 0 fully saturated rings. The Labute approximate surface area is 362 Å². The lowest BCUT2D eigenvalue weighted by molar-refractivity contribution is 1.18. The van der Waals surface area contributed by atoms with Crippen LogP contribution in [0.3, 0.4) is 0 Å². The molecule has 0 aliphatic heterocycles. The van der Waals surface area contributed by atoms with Crippen molar-refractivity contribution in [3.8, 4) is 61.3 Å². The first-order valence-electron chi connectivity index (χ1n) is 21.3. The van der Waals surface area contributed by atoms with Gasteiger partial charge in [-0.2, -0.15) is 0 Å². The van der Waals surface area contributed by atoms with Gasteiger partial charge in [0, 0.05) is 33.4 Å². The molecule has 0 saturated heterocycles. The number of fused-ring (bicyclic) bond motifs is 3. The molecule has 0 aliphatic carbocycles. The van der Waals surface area contributed by atoms with Gasteiger partial charge in [-0.3, -0.25) is 0 Å². The zero-order valence-electron chi connectivity index (χ0n) is 34.1. The minimum absolute atomic E-state index is 1.09. The normalized spacial score (nSPS) is 11.2. The largest absolute Gasteiger partial charge is 0.311 e. The van der Waals surface area contributed by atoms with Crippen molar-refractivity contribution >= 4 is 38.9 Å². The Kier molecular flexibility index (Phi) is 9.57. The average Bonchev–Trinajstić information content (AvgIpc) is 3.71. The summed E-state index contributed by atoms with van der Waals surface area (Å²) >= 11 is 0. The van der Waals surface area contributed by atoms with E-state index in [0.717, 1.165) is 28.3 Å². The molecule has 0 bridgehead atoms. The highest BCUT2D eigenvalue weighted by Gasteiger charge is 2.21. The summed E-state index contributed by atoms with van der Waals surface area (Å²) in [7, 11) is 0. The molecule has 1 aromatic heterocycles. The maximum Gasteiger partial charge on any atom is 0.0547 e. The van der Waals surface area contributed by atoms with E-state index in [2.05, 4.69) is 264 Å². The van der Waals surface area contributed by atoms with Crippen LogP contribution < -0.4 is 4.90 Å². The van der Waals surface area contributed by atoms with Gasteiger partial charge in [0.2, 0.25) is 0 Å². The van der Waals surface area contributed by atoms with Gasteiger partial charge in [0.1, 0.15) is 0 Å². The van der Waals surface area contributed by atoms with Crippen molar-refractivity contribution in [3.63, 3.8) is 0 Å². The number of hydrogen-bond donors (Lipinski definition) is 0. The quantitative estimate of drug-likeness (QED) is 0.141. The lowest BCUT2D eigenvalue weighted by Crippen LogP contribution is -2.09. The average molecular weight is 791 g/mol. The number of aromatic nitrogens is 1. The summed E-state index contributed by atoms with van der Waals surface area (Å²) < 4.78 is 2.47. The van der Waals surface area contributed by atoms with Gasteiger partial charge in [0.25, 0.3) is 0 Å². The van der Waals surface area contributed by atoms with Gasteiger partial charge in [-0.05, 0) is 105 Å². The van der Waals surface area contributed by atoms with Crippen molar-refractivity contribution in [2.24, 2.45) is 0 Å². The standard InChI is InChI=1S/C60H42N2/c1-5-17-43(18-6-1)45-31-37-50(38-32-45)61(51-39-33-46(34-40-51)44-19-7-2-8-20-44)52-41-35-49(36-42-52)53-25-13-14-28-56(53)62-57-29-15-26-54(47-21-9-3-10-22-47)59(57)60-55(27-16-30-58(60)62)48-23-11-4-12-24-48/h1-42H. The van der Waals surface area contributed by atoms with Crippen molar-refractivity contribution in [2.45, 2.75) is 0 Å². The predicted molar refractivity (Wildman–Crippen MR) is 263 cm³/mol. The highest BCUT2D eigenvalue weighted by Crippen LogP contribution is 2.45. The van der Waals surface area contributed by atoms with E-state index >= 15 is 0 Å². The predicted octanol–water partition coefficient (Wildman–Crippen LogP) is 16.6. The molecule has 0 atom stereocenters. The fraction of sp³-hybridized carbons (Fsp3) is 0. The fourth-order valence-corrected chi connectivity index (χ4v) is 9.10. The molecule has 0 amide bonds. The molecule has 0 N–H and O–H groups in total. The van der Waals surface area contributed by atoms with Crippen molar-refractivity contribution in [1.29, 1.82) is 0 Å². The monoisotopic (exact) mass is 790 g/mol. The van der Waals surface area contributed by atoms with Crippen LogP contribution in [0.2, 0.25) is 0 Å². The zero-order valence-corrected chi connectivity index (χ0v) is 34.1. The number of benzene rings is 10. The van der Waals surface area contributed by atoms with Gasteiger partial charge < -0.3 is 9.47 Å². The molecule has 2 nitrogen and oxygen atoms in total. The van der Waals surface area contributed by atoms with E-state index in [1.807, 2.05) is 0 Å². The Morgan fingerprint density at radius 3 is 0.952 bits per heavy atom.